The Labute approximate surface area is 177 Å². The summed E-state index contributed by atoms with van der Waals surface area (Å²) in [5.41, 5.74) is 5.06. The van der Waals surface area contributed by atoms with E-state index in [1.54, 1.807) is 6.07 Å². The Morgan fingerprint density at radius 3 is 2.33 bits per heavy atom. The summed E-state index contributed by atoms with van der Waals surface area (Å²) in [5.74, 6) is -0.394. The van der Waals surface area contributed by atoms with Crippen LogP contribution in [0.1, 0.15) is 53.5 Å². The van der Waals surface area contributed by atoms with Crippen molar-refractivity contribution in [3.8, 4) is 5.69 Å². The monoisotopic (exact) mass is 404 g/mol. The van der Waals surface area contributed by atoms with Gasteiger partial charge < -0.3 is 14.6 Å². The molecule has 0 fully saturated rings. The molecule has 0 spiro atoms. The lowest BCUT2D eigenvalue weighted by molar-refractivity contribution is -0.119. The third-order valence-electron chi connectivity index (χ3n) is 5.38. The summed E-state index contributed by atoms with van der Waals surface area (Å²) in [6.07, 6.45) is 1.06. The summed E-state index contributed by atoms with van der Waals surface area (Å²) >= 11 is 0. The maximum atomic E-state index is 12.6. The Balaban J connectivity index is 1.61. The number of esters is 1. The Morgan fingerprint density at radius 2 is 1.70 bits per heavy atom. The highest BCUT2D eigenvalue weighted by Crippen LogP contribution is 2.22. The van der Waals surface area contributed by atoms with Crippen LogP contribution in [-0.4, -0.2) is 23.1 Å². The molecule has 3 rings (SSSR count). The third-order valence-corrected chi connectivity index (χ3v) is 5.38. The molecule has 1 heterocycles. The van der Waals surface area contributed by atoms with E-state index in [0.29, 0.717) is 17.2 Å². The van der Waals surface area contributed by atoms with E-state index in [2.05, 4.69) is 19.2 Å². The first kappa shape index (κ1) is 21.4. The number of carbonyl (C=O) groups is 2. The van der Waals surface area contributed by atoms with E-state index < -0.39 is 5.97 Å². The van der Waals surface area contributed by atoms with Crippen LogP contribution in [-0.2, 0) is 9.53 Å². The highest BCUT2D eigenvalue weighted by Gasteiger charge is 2.19. The average Bonchev–Trinajstić information content (AvgIpc) is 3.06. The lowest BCUT2D eigenvalue weighted by Gasteiger charge is -2.11. The third kappa shape index (κ3) is 4.79. The summed E-state index contributed by atoms with van der Waals surface area (Å²) in [7, 11) is 0. The molecule has 30 heavy (non-hydrogen) atoms. The van der Waals surface area contributed by atoms with Crippen molar-refractivity contribution in [2.75, 3.05) is 11.9 Å². The van der Waals surface area contributed by atoms with E-state index in [1.807, 2.05) is 73.0 Å². The SMILES string of the molecule is CC[C@@H](C)c1ccc(NC(=O)COC(=O)c2cc(C)n(-c3ccccc3)c2C)cc1. The van der Waals surface area contributed by atoms with Gasteiger partial charge in [-0.25, -0.2) is 4.79 Å². The fourth-order valence-corrected chi connectivity index (χ4v) is 3.48. The lowest BCUT2D eigenvalue weighted by Crippen LogP contribution is -2.21. The summed E-state index contributed by atoms with van der Waals surface area (Å²) in [4.78, 5) is 24.8. The normalized spacial score (nSPS) is 11.7. The Bertz CT molecular complexity index is 1020. The van der Waals surface area contributed by atoms with Crippen molar-refractivity contribution in [2.45, 2.75) is 40.0 Å². The number of nitrogens with zero attached hydrogens (tertiary/aromatic N) is 1. The number of aromatic nitrogens is 1. The van der Waals surface area contributed by atoms with E-state index >= 15 is 0 Å². The number of rotatable bonds is 7. The van der Waals surface area contributed by atoms with Crippen molar-refractivity contribution in [3.05, 3.63) is 83.2 Å². The molecule has 0 bridgehead atoms. The van der Waals surface area contributed by atoms with Crippen molar-refractivity contribution >= 4 is 17.6 Å². The van der Waals surface area contributed by atoms with E-state index in [4.69, 9.17) is 4.74 Å². The first-order valence-corrected chi connectivity index (χ1v) is 10.2. The maximum Gasteiger partial charge on any atom is 0.340 e. The molecule has 156 valence electrons. The number of carbonyl (C=O) groups excluding carboxylic acids is 2. The quantitative estimate of drug-likeness (QED) is 0.536. The predicted molar refractivity (Wildman–Crippen MR) is 119 cm³/mol. The van der Waals surface area contributed by atoms with Gasteiger partial charge in [0.1, 0.15) is 0 Å². The minimum absolute atomic E-state index is 0.332. The van der Waals surface area contributed by atoms with Crippen LogP contribution < -0.4 is 5.32 Å². The highest BCUT2D eigenvalue weighted by atomic mass is 16.5. The van der Waals surface area contributed by atoms with Crippen LogP contribution in [0, 0.1) is 13.8 Å². The van der Waals surface area contributed by atoms with Crippen molar-refractivity contribution in [2.24, 2.45) is 0 Å². The van der Waals surface area contributed by atoms with Gasteiger partial charge in [-0.15, -0.1) is 0 Å². The fraction of sp³-hybridized carbons (Fsp3) is 0.280. The molecule has 5 nitrogen and oxygen atoms in total. The molecule has 1 atom stereocenters. The van der Waals surface area contributed by atoms with E-state index in [0.717, 1.165) is 23.5 Å². The first-order chi connectivity index (χ1) is 14.4. The van der Waals surface area contributed by atoms with E-state index in [9.17, 15) is 9.59 Å². The number of para-hydroxylation sites is 1. The molecule has 0 aliphatic carbocycles. The van der Waals surface area contributed by atoms with Crippen LogP contribution in [0.4, 0.5) is 5.69 Å². The highest BCUT2D eigenvalue weighted by molar-refractivity contribution is 5.96. The van der Waals surface area contributed by atoms with Gasteiger partial charge in [0.25, 0.3) is 5.91 Å². The minimum Gasteiger partial charge on any atom is -0.452 e. The second kappa shape index (κ2) is 9.44. The van der Waals surface area contributed by atoms with Crippen molar-refractivity contribution < 1.29 is 14.3 Å². The molecular formula is C25H28N2O3. The molecule has 1 amide bonds. The minimum atomic E-state index is -0.507. The number of amides is 1. The number of benzene rings is 2. The van der Waals surface area contributed by atoms with E-state index in [-0.39, 0.29) is 12.5 Å². The summed E-state index contributed by atoms with van der Waals surface area (Å²) in [5, 5.41) is 2.77. The fourth-order valence-electron chi connectivity index (χ4n) is 3.48. The molecule has 0 saturated heterocycles. The first-order valence-electron chi connectivity index (χ1n) is 10.2. The number of aryl methyl sites for hydroxylation is 1. The Kier molecular flexibility index (Phi) is 6.72. The smallest absolute Gasteiger partial charge is 0.340 e. The molecule has 1 aromatic heterocycles. The number of hydrogen-bond acceptors (Lipinski definition) is 3. The van der Waals surface area contributed by atoms with E-state index in [1.165, 1.54) is 5.56 Å². The average molecular weight is 405 g/mol. The van der Waals surface area contributed by atoms with Crippen molar-refractivity contribution in [3.63, 3.8) is 0 Å². The zero-order valence-electron chi connectivity index (χ0n) is 17.9. The van der Waals surface area contributed by atoms with Gasteiger partial charge in [-0.3, -0.25) is 4.79 Å². The molecule has 0 radical (unpaired) electrons. The predicted octanol–water partition coefficient (Wildman–Crippen LogP) is 5.40. The van der Waals surface area contributed by atoms with Crippen molar-refractivity contribution in [1.82, 2.24) is 4.57 Å². The molecule has 2 aromatic carbocycles. The number of anilines is 1. The molecule has 5 heteroatoms. The standard InChI is InChI=1S/C25H28N2O3/c1-5-17(2)20-11-13-21(14-12-20)26-24(28)16-30-25(29)23-15-18(3)27(19(23)4)22-9-7-6-8-10-22/h6-15,17H,5,16H2,1-4H3,(H,26,28)/t17-/m1/s1. The second-order valence-electron chi connectivity index (χ2n) is 7.51. The lowest BCUT2D eigenvalue weighted by atomic mass is 9.99. The zero-order chi connectivity index (χ0) is 21.7. The van der Waals surface area contributed by atoms with Gasteiger partial charge in [-0.05, 0) is 62.1 Å². The van der Waals surface area contributed by atoms with Gasteiger partial charge in [0.2, 0.25) is 0 Å². The number of nitrogens with one attached hydrogen (secondary N) is 1. The zero-order valence-corrected chi connectivity index (χ0v) is 17.9. The molecule has 1 N–H and O–H groups in total. The molecule has 0 unspecified atom stereocenters. The second-order valence-corrected chi connectivity index (χ2v) is 7.51. The maximum absolute atomic E-state index is 12.6. The molecule has 0 aliphatic rings. The number of hydrogen-bond donors (Lipinski definition) is 1. The van der Waals surface area contributed by atoms with Crippen LogP contribution in [0.5, 0.6) is 0 Å². The number of ether oxygens (including phenoxy) is 1. The molecule has 0 saturated carbocycles. The van der Waals surface area contributed by atoms with Gasteiger partial charge in [-0.1, -0.05) is 44.2 Å². The summed E-state index contributed by atoms with van der Waals surface area (Å²) in [6, 6.07) is 19.4. The largest absolute Gasteiger partial charge is 0.452 e. The molecule has 0 aliphatic heterocycles. The topological polar surface area (TPSA) is 60.3 Å². The Morgan fingerprint density at radius 1 is 1.03 bits per heavy atom. The van der Waals surface area contributed by atoms with Crippen LogP contribution in [0.2, 0.25) is 0 Å². The Hall–Kier alpha value is -3.34. The van der Waals surface area contributed by atoms with Gasteiger partial charge in [0.15, 0.2) is 6.61 Å². The summed E-state index contributed by atoms with van der Waals surface area (Å²) in [6.45, 7) is 7.79. The molecule has 3 aromatic rings. The summed E-state index contributed by atoms with van der Waals surface area (Å²) < 4.78 is 7.26. The van der Waals surface area contributed by atoms with Gasteiger partial charge >= 0.3 is 5.97 Å². The van der Waals surface area contributed by atoms with Crippen molar-refractivity contribution in [1.29, 1.82) is 0 Å². The van der Waals surface area contributed by atoms with Crippen LogP contribution >= 0.6 is 0 Å². The van der Waals surface area contributed by atoms with Gasteiger partial charge in [0.05, 0.1) is 5.56 Å². The van der Waals surface area contributed by atoms with Crippen LogP contribution in [0.25, 0.3) is 5.69 Å². The van der Waals surface area contributed by atoms with Crippen LogP contribution in [0.3, 0.4) is 0 Å². The van der Waals surface area contributed by atoms with Crippen LogP contribution in [0.15, 0.2) is 60.7 Å². The molecular weight excluding hydrogens is 376 g/mol. The van der Waals surface area contributed by atoms with Gasteiger partial charge in [0, 0.05) is 22.8 Å². The van der Waals surface area contributed by atoms with Gasteiger partial charge in [-0.2, -0.15) is 0 Å².